The van der Waals surface area contributed by atoms with Gasteiger partial charge in [-0.1, -0.05) is 6.07 Å². The minimum absolute atomic E-state index is 0.122. The molecule has 1 atom stereocenters. The van der Waals surface area contributed by atoms with E-state index in [1.807, 2.05) is 29.3 Å². The Hall–Kier alpha value is -2.32. The van der Waals surface area contributed by atoms with Gasteiger partial charge in [0.25, 0.3) is 0 Å². The average Bonchev–Trinajstić information content (AvgIpc) is 3.30. The van der Waals surface area contributed by atoms with E-state index in [1.54, 1.807) is 0 Å². The van der Waals surface area contributed by atoms with Crippen molar-refractivity contribution in [2.24, 2.45) is 0 Å². The number of fused-ring (bicyclic) bond motifs is 1. The number of nitrogens with zero attached hydrogens (tertiary/aromatic N) is 4. The van der Waals surface area contributed by atoms with E-state index in [4.69, 9.17) is 9.47 Å². The van der Waals surface area contributed by atoms with Gasteiger partial charge >= 0.3 is 0 Å². The van der Waals surface area contributed by atoms with Crippen LogP contribution in [0.3, 0.4) is 0 Å². The fourth-order valence-electron chi connectivity index (χ4n) is 4.65. The number of benzene rings is 1. The summed E-state index contributed by atoms with van der Waals surface area (Å²) < 4.78 is 12.4. The molecule has 31 heavy (non-hydrogen) atoms. The molecule has 3 aliphatic heterocycles. The van der Waals surface area contributed by atoms with Crippen molar-refractivity contribution in [3.05, 3.63) is 46.6 Å². The van der Waals surface area contributed by atoms with Gasteiger partial charge in [0, 0.05) is 43.4 Å². The molecular weight excluding hydrogens is 460 g/mol. The van der Waals surface area contributed by atoms with Crippen LogP contribution in [0.5, 0.6) is 11.5 Å². The summed E-state index contributed by atoms with van der Waals surface area (Å²) in [6.45, 7) is 5.96. The molecule has 3 aliphatic rings. The molecule has 8 heteroatoms. The second-order valence-electron chi connectivity index (χ2n) is 8.25. The number of carbonyl (C=O) groups is 1. The number of likely N-dealkylation sites (tertiary alicyclic amines) is 1. The molecule has 0 saturated carbocycles. The summed E-state index contributed by atoms with van der Waals surface area (Å²) in [5.74, 6) is 2.80. The molecule has 7 nitrogen and oxygen atoms in total. The standard InChI is InChI=1S/C23H27BrN4O3/c24-18-4-6-22(25-15-18)27-10-8-26(9-11-27)16-23(29)28-7-1-2-19(28)17-3-5-20-21(14-17)31-13-12-30-20/h3-6,14-15,19H,1-2,7-13,16H2. The monoisotopic (exact) mass is 486 g/mol. The van der Waals surface area contributed by atoms with Crippen molar-refractivity contribution in [1.82, 2.24) is 14.8 Å². The van der Waals surface area contributed by atoms with Gasteiger partial charge in [-0.05, 0) is 58.6 Å². The molecule has 1 aromatic heterocycles. The summed E-state index contributed by atoms with van der Waals surface area (Å²) in [4.78, 5) is 24.3. The van der Waals surface area contributed by atoms with Gasteiger partial charge in [-0.25, -0.2) is 4.98 Å². The van der Waals surface area contributed by atoms with Crippen LogP contribution in [-0.4, -0.2) is 73.2 Å². The number of amides is 1. The Bertz CT molecular complexity index is 931. The van der Waals surface area contributed by atoms with Crippen LogP contribution < -0.4 is 14.4 Å². The lowest BCUT2D eigenvalue weighted by Crippen LogP contribution is -2.50. The number of carbonyl (C=O) groups excluding carboxylic acids is 1. The maximum atomic E-state index is 13.2. The van der Waals surface area contributed by atoms with Crippen LogP contribution in [0.4, 0.5) is 5.82 Å². The van der Waals surface area contributed by atoms with Crippen molar-refractivity contribution in [2.75, 3.05) is 57.4 Å². The third kappa shape index (κ3) is 4.50. The molecule has 0 bridgehead atoms. The number of halogens is 1. The zero-order valence-electron chi connectivity index (χ0n) is 17.5. The first-order chi connectivity index (χ1) is 15.2. The molecule has 1 unspecified atom stereocenters. The lowest BCUT2D eigenvalue weighted by atomic mass is 10.0. The maximum Gasteiger partial charge on any atom is 0.237 e. The second-order valence-corrected chi connectivity index (χ2v) is 9.16. The molecule has 0 spiro atoms. The first kappa shape index (κ1) is 20.6. The number of anilines is 1. The Morgan fingerprint density at radius 1 is 1.03 bits per heavy atom. The molecule has 2 saturated heterocycles. The maximum absolute atomic E-state index is 13.2. The van der Waals surface area contributed by atoms with E-state index >= 15 is 0 Å². The molecule has 0 aliphatic carbocycles. The molecule has 1 amide bonds. The highest BCUT2D eigenvalue weighted by molar-refractivity contribution is 9.10. The Balaban J connectivity index is 1.19. The van der Waals surface area contributed by atoms with Crippen LogP contribution in [0, 0.1) is 0 Å². The van der Waals surface area contributed by atoms with Crippen LogP contribution in [0.15, 0.2) is 41.0 Å². The molecule has 0 radical (unpaired) electrons. The Kier molecular flexibility index (Phi) is 6.00. The number of hydrogen-bond donors (Lipinski definition) is 0. The fourth-order valence-corrected chi connectivity index (χ4v) is 4.89. The SMILES string of the molecule is O=C(CN1CCN(c2ccc(Br)cn2)CC1)N1CCCC1c1ccc2c(c1)OCCO2. The predicted octanol–water partition coefficient (Wildman–Crippen LogP) is 3.10. The van der Waals surface area contributed by atoms with Gasteiger partial charge in [0.1, 0.15) is 19.0 Å². The summed E-state index contributed by atoms with van der Waals surface area (Å²) in [5.41, 5.74) is 1.14. The fraction of sp³-hybridized carbons (Fsp3) is 0.478. The summed E-state index contributed by atoms with van der Waals surface area (Å²) in [7, 11) is 0. The summed E-state index contributed by atoms with van der Waals surface area (Å²) in [5, 5.41) is 0. The van der Waals surface area contributed by atoms with Gasteiger partial charge < -0.3 is 19.3 Å². The molecule has 0 N–H and O–H groups in total. The first-order valence-electron chi connectivity index (χ1n) is 11.0. The predicted molar refractivity (Wildman–Crippen MR) is 122 cm³/mol. The van der Waals surface area contributed by atoms with Crippen molar-refractivity contribution < 1.29 is 14.3 Å². The van der Waals surface area contributed by atoms with E-state index < -0.39 is 0 Å². The van der Waals surface area contributed by atoms with E-state index in [0.29, 0.717) is 19.8 Å². The van der Waals surface area contributed by atoms with Crippen LogP contribution in [0.25, 0.3) is 0 Å². The minimum Gasteiger partial charge on any atom is -0.486 e. The van der Waals surface area contributed by atoms with Crippen LogP contribution >= 0.6 is 15.9 Å². The zero-order chi connectivity index (χ0) is 21.2. The lowest BCUT2D eigenvalue weighted by Gasteiger charge is -2.36. The van der Waals surface area contributed by atoms with E-state index in [0.717, 1.165) is 72.9 Å². The third-order valence-corrected chi connectivity index (χ3v) is 6.76. The van der Waals surface area contributed by atoms with Crippen molar-refractivity contribution >= 4 is 27.7 Å². The highest BCUT2D eigenvalue weighted by Gasteiger charge is 2.32. The van der Waals surface area contributed by atoms with Gasteiger partial charge in [0.15, 0.2) is 11.5 Å². The average molecular weight is 487 g/mol. The summed E-state index contributed by atoms with van der Waals surface area (Å²) >= 11 is 3.43. The highest BCUT2D eigenvalue weighted by Crippen LogP contribution is 2.38. The Morgan fingerprint density at radius 3 is 2.61 bits per heavy atom. The van der Waals surface area contributed by atoms with Crippen LogP contribution in [0.2, 0.25) is 0 Å². The van der Waals surface area contributed by atoms with Crippen molar-refractivity contribution in [2.45, 2.75) is 18.9 Å². The van der Waals surface area contributed by atoms with E-state index in [1.165, 1.54) is 0 Å². The second kappa shape index (κ2) is 9.04. The largest absolute Gasteiger partial charge is 0.486 e. The smallest absolute Gasteiger partial charge is 0.237 e. The number of aromatic nitrogens is 1. The van der Waals surface area contributed by atoms with Crippen molar-refractivity contribution in [3.63, 3.8) is 0 Å². The molecule has 4 heterocycles. The van der Waals surface area contributed by atoms with E-state index in [-0.39, 0.29) is 11.9 Å². The van der Waals surface area contributed by atoms with Crippen LogP contribution in [-0.2, 0) is 4.79 Å². The van der Waals surface area contributed by atoms with Gasteiger partial charge in [-0.3, -0.25) is 9.69 Å². The first-order valence-corrected chi connectivity index (χ1v) is 11.7. The lowest BCUT2D eigenvalue weighted by molar-refractivity contribution is -0.133. The highest BCUT2D eigenvalue weighted by atomic mass is 79.9. The minimum atomic E-state index is 0.122. The van der Waals surface area contributed by atoms with Gasteiger partial charge in [-0.15, -0.1) is 0 Å². The molecule has 5 rings (SSSR count). The zero-order valence-corrected chi connectivity index (χ0v) is 19.1. The molecule has 164 valence electrons. The topological polar surface area (TPSA) is 58.1 Å². The number of hydrogen-bond acceptors (Lipinski definition) is 6. The van der Waals surface area contributed by atoms with Gasteiger partial charge in [0.2, 0.25) is 5.91 Å². The van der Waals surface area contributed by atoms with Gasteiger partial charge in [0.05, 0.1) is 12.6 Å². The van der Waals surface area contributed by atoms with E-state index in [9.17, 15) is 4.79 Å². The number of pyridine rings is 1. The Labute approximate surface area is 191 Å². The molecular formula is C23H27BrN4O3. The van der Waals surface area contributed by atoms with E-state index in [2.05, 4.69) is 42.8 Å². The third-order valence-electron chi connectivity index (χ3n) is 6.29. The molecule has 2 fully saturated rings. The number of rotatable bonds is 4. The molecule has 2 aromatic rings. The van der Waals surface area contributed by atoms with Gasteiger partial charge in [-0.2, -0.15) is 0 Å². The summed E-state index contributed by atoms with van der Waals surface area (Å²) in [6.07, 6.45) is 3.86. The van der Waals surface area contributed by atoms with Crippen molar-refractivity contribution in [1.29, 1.82) is 0 Å². The van der Waals surface area contributed by atoms with Crippen molar-refractivity contribution in [3.8, 4) is 11.5 Å². The number of piperazine rings is 1. The number of ether oxygens (including phenoxy) is 2. The summed E-state index contributed by atoms with van der Waals surface area (Å²) in [6, 6.07) is 10.3. The van der Waals surface area contributed by atoms with Crippen LogP contribution in [0.1, 0.15) is 24.4 Å². The quantitative estimate of drug-likeness (QED) is 0.661. The Morgan fingerprint density at radius 2 is 1.84 bits per heavy atom. The molecule has 1 aromatic carbocycles. The normalized spacial score (nSPS) is 21.4.